The molecule has 0 aliphatic carbocycles. The number of hydrogen-bond donors (Lipinski definition) is 1. The van der Waals surface area contributed by atoms with Crippen molar-refractivity contribution in [3.63, 3.8) is 0 Å². The summed E-state index contributed by atoms with van der Waals surface area (Å²) in [5.41, 5.74) is 1.43. The molecule has 0 saturated carbocycles. The predicted octanol–water partition coefficient (Wildman–Crippen LogP) is 4.79. The lowest BCUT2D eigenvalue weighted by molar-refractivity contribution is -0.122. The van der Waals surface area contributed by atoms with Crippen LogP contribution in [0.3, 0.4) is 0 Å². The fourth-order valence-electron chi connectivity index (χ4n) is 3.77. The van der Waals surface area contributed by atoms with Gasteiger partial charge in [0.05, 0.1) is 24.9 Å². The number of nitrogens with zero attached hydrogens (tertiary/aromatic N) is 1. The number of benzene rings is 3. The quantitative estimate of drug-likeness (QED) is 0.238. The molecular formula is C28H25ClN2O7. The molecule has 1 fully saturated rings. The van der Waals surface area contributed by atoms with E-state index in [9.17, 15) is 14.4 Å². The van der Waals surface area contributed by atoms with Gasteiger partial charge in [-0.25, -0.2) is 9.69 Å². The smallest absolute Gasteiger partial charge is 0.335 e. The Morgan fingerprint density at radius 2 is 1.61 bits per heavy atom. The molecule has 196 valence electrons. The summed E-state index contributed by atoms with van der Waals surface area (Å²) >= 11 is 6.46. The van der Waals surface area contributed by atoms with Crippen LogP contribution in [-0.2, 0) is 9.59 Å². The van der Waals surface area contributed by atoms with Crippen LogP contribution >= 0.6 is 11.6 Å². The minimum atomic E-state index is -0.852. The fraction of sp³-hybridized carbons (Fsp3) is 0.179. The van der Waals surface area contributed by atoms with E-state index in [0.29, 0.717) is 22.8 Å². The van der Waals surface area contributed by atoms with Gasteiger partial charge in [-0.2, -0.15) is 0 Å². The van der Waals surface area contributed by atoms with Crippen LogP contribution in [0.1, 0.15) is 11.1 Å². The molecule has 4 amide bonds. The predicted molar refractivity (Wildman–Crippen MR) is 142 cm³/mol. The number of hydrogen-bond acceptors (Lipinski definition) is 7. The van der Waals surface area contributed by atoms with Crippen LogP contribution in [0.25, 0.3) is 6.08 Å². The summed E-state index contributed by atoms with van der Waals surface area (Å²) in [6.45, 7) is 2.43. The maximum atomic E-state index is 13.2. The van der Waals surface area contributed by atoms with Gasteiger partial charge < -0.3 is 18.9 Å². The number of amides is 4. The summed E-state index contributed by atoms with van der Waals surface area (Å²) in [4.78, 5) is 39.0. The summed E-state index contributed by atoms with van der Waals surface area (Å²) in [5.74, 6) is 0.289. The standard InChI is InChI=1S/C28H25ClN2O7/c1-17-6-4-5-7-23(17)37-12-13-38-25-22(29)15-18(16-24(25)36-3)14-21-26(32)30-28(34)31(27(21)33)19-8-10-20(35-2)11-9-19/h4-11,14-16H,12-13H2,1-3H3,(H,30,32,34)/b21-14+. The highest BCUT2D eigenvalue weighted by molar-refractivity contribution is 6.39. The van der Waals surface area contributed by atoms with E-state index in [2.05, 4.69) is 5.32 Å². The second-order valence-corrected chi connectivity index (χ2v) is 8.56. The Balaban J connectivity index is 1.53. The van der Waals surface area contributed by atoms with Crippen molar-refractivity contribution in [2.24, 2.45) is 0 Å². The second-order valence-electron chi connectivity index (χ2n) is 8.15. The number of ether oxygens (including phenoxy) is 4. The topological polar surface area (TPSA) is 103 Å². The summed E-state index contributed by atoms with van der Waals surface area (Å²) in [6, 6.07) is 16.2. The minimum Gasteiger partial charge on any atom is -0.497 e. The van der Waals surface area contributed by atoms with E-state index >= 15 is 0 Å². The zero-order valence-electron chi connectivity index (χ0n) is 20.9. The van der Waals surface area contributed by atoms with Gasteiger partial charge in [-0.15, -0.1) is 0 Å². The van der Waals surface area contributed by atoms with Gasteiger partial charge in [-0.3, -0.25) is 14.9 Å². The van der Waals surface area contributed by atoms with Crippen molar-refractivity contribution in [1.82, 2.24) is 5.32 Å². The van der Waals surface area contributed by atoms with Crippen molar-refractivity contribution in [2.75, 3.05) is 32.3 Å². The molecule has 0 bridgehead atoms. The van der Waals surface area contributed by atoms with Gasteiger partial charge in [-0.05, 0) is 66.6 Å². The molecule has 1 aliphatic heterocycles. The molecule has 1 N–H and O–H groups in total. The number of methoxy groups -OCH3 is 2. The molecule has 1 aliphatic rings. The first-order valence-corrected chi connectivity index (χ1v) is 11.9. The molecule has 3 aromatic carbocycles. The molecule has 9 nitrogen and oxygen atoms in total. The average Bonchev–Trinajstić information content (AvgIpc) is 2.91. The number of carbonyl (C=O) groups is 3. The third-order valence-electron chi connectivity index (χ3n) is 5.68. The van der Waals surface area contributed by atoms with Crippen LogP contribution in [-0.4, -0.2) is 45.3 Å². The van der Waals surface area contributed by atoms with E-state index < -0.39 is 17.8 Å². The van der Waals surface area contributed by atoms with Crippen molar-refractivity contribution in [2.45, 2.75) is 6.92 Å². The number of rotatable bonds is 9. The molecule has 1 saturated heterocycles. The van der Waals surface area contributed by atoms with Crippen LogP contribution in [0.4, 0.5) is 10.5 Å². The molecule has 1 heterocycles. The number of halogens is 1. The molecule has 0 atom stereocenters. The maximum absolute atomic E-state index is 13.2. The first-order chi connectivity index (χ1) is 18.3. The van der Waals surface area contributed by atoms with Crippen molar-refractivity contribution < 1.29 is 33.3 Å². The highest BCUT2D eigenvalue weighted by Crippen LogP contribution is 2.37. The highest BCUT2D eigenvalue weighted by atomic mass is 35.5. The zero-order chi connectivity index (χ0) is 27.2. The number of aryl methyl sites for hydroxylation is 1. The molecule has 3 aromatic rings. The Morgan fingerprint density at radius 1 is 0.895 bits per heavy atom. The number of imide groups is 2. The van der Waals surface area contributed by atoms with E-state index in [-0.39, 0.29) is 29.5 Å². The molecular weight excluding hydrogens is 512 g/mol. The van der Waals surface area contributed by atoms with Gasteiger partial charge in [-0.1, -0.05) is 29.8 Å². The monoisotopic (exact) mass is 536 g/mol. The molecule has 0 unspecified atom stereocenters. The van der Waals surface area contributed by atoms with E-state index in [0.717, 1.165) is 16.2 Å². The normalized spacial score (nSPS) is 14.4. The van der Waals surface area contributed by atoms with Gasteiger partial charge in [0.25, 0.3) is 11.8 Å². The SMILES string of the molecule is COc1ccc(N2C(=O)NC(=O)/C(=C\c3cc(Cl)c(OCCOc4ccccc4C)c(OC)c3)C2=O)cc1. The average molecular weight is 537 g/mol. The van der Waals surface area contributed by atoms with E-state index in [1.807, 2.05) is 31.2 Å². The zero-order valence-corrected chi connectivity index (χ0v) is 21.7. The van der Waals surface area contributed by atoms with Gasteiger partial charge in [0, 0.05) is 0 Å². The maximum Gasteiger partial charge on any atom is 0.335 e. The van der Waals surface area contributed by atoms with Crippen molar-refractivity contribution in [3.05, 3.63) is 82.4 Å². The van der Waals surface area contributed by atoms with Crippen LogP contribution in [0.5, 0.6) is 23.0 Å². The third kappa shape index (κ3) is 5.73. The Labute approximate surface area is 224 Å². The molecule has 0 aromatic heterocycles. The third-order valence-corrected chi connectivity index (χ3v) is 5.96. The van der Waals surface area contributed by atoms with Gasteiger partial charge >= 0.3 is 6.03 Å². The molecule has 0 radical (unpaired) electrons. The lowest BCUT2D eigenvalue weighted by Crippen LogP contribution is -2.54. The molecule has 4 rings (SSSR count). The first kappa shape index (κ1) is 26.6. The number of barbiturate groups is 1. The number of para-hydroxylation sites is 1. The van der Waals surface area contributed by atoms with Gasteiger partial charge in [0.2, 0.25) is 0 Å². The van der Waals surface area contributed by atoms with Crippen LogP contribution in [0.2, 0.25) is 5.02 Å². The van der Waals surface area contributed by atoms with Crippen LogP contribution in [0.15, 0.2) is 66.2 Å². The Kier molecular flexibility index (Phi) is 8.18. The van der Waals surface area contributed by atoms with Crippen molar-refractivity contribution in [3.8, 4) is 23.0 Å². The summed E-state index contributed by atoms with van der Waals surface area (Å²) in [6.07, 6.45) is 1.33. The van der Waals surface area contributed by atoms with E-state index in [4.69, 9.17) is 30.5 Å². The summed E-state index contributed by atoms with van der Waals surface area (Å²) in [5, 5.41) is 2.40. The van der Waals surface area contributed by atoms with Crippen molar-refractivity contribution in [1.29, 1.82) is 0 Å². The molecule has 10 heteroatoms. The number of carbonyl (C=O) groups excluding carboxylic acids is 3. The Hall–Kier alpha value is -4.50. The second kappa shape index (κ2) is 11.7. The number of anilines is 1. The Morgan fingerprint density at radius 3 is 2.29 bits per heavy atom. The van der Waals surface area contributed by atoms with Gasteiger partial charge in [0.1, 0.15) is 30.3 Å². The van der Waals surface area contributed by atoms with E-state index in [1.54, 1.807) is 30.3 Å². The lowest BCUT2D eigenvalue weighted by Gasteiger charge is -2.26. The van der Waals surface area contributed by atoms with Crippen molar-refractivity contribution >= 4 is 41.2 Å². The Bertz CT molecular complexity index is 1400. The summed E-state index contributed by atoms with van der Waals surface area (Å²) in [7, 11) is 2.95. The summed E-state index contributed by atoms with van der Waals surface area (Å²) < 4.78 is 22.1. The molecule has 0 spiro atoms. The fourth-order valence-corrected chi connectivity index (χ4v) is 4.04. The van der Waals surface area contributed by atoms with E-state index in [1.165, 1.54) is 26.4 Å². The van der Waals surface area contributed by atoms with Crippen LogP contribution < -0.4 is 29.2 Å². The molecule has 38 heavy (non-hydrogen) atoms. The van der Waals surface area contributed by atoms with Crippen LogP contribution in [0, 0.1) is 6.92 Å². The number of nitrogens with one attached hydrogen (secondary N) is 1. The highest BCUT2D eigenvalue weighted by Gasteiger charge is 2.37. The number of urea groups is 1. The lowest BCUT2D eigenvalue weighted by atomic mass is 10.1. The van der Waals surface area contributed by atoms with Gasteiger partial charge in [0.15, 0.2) is 11.5 Å². The first-order valence-electron chi connectivity index (χ1n) is 11.6. The largest absolute Gasteiger partial charge is 0.497 e. The minimum absolute atomic E-state index is 0.199.